The molecule has 4 N–H and O–H groups in total. The Labute approximate surface area is 176 Å². The molecule has 0 aliphatic rings. The van der Waals surface area contributed by atoms with Crippen molar-refractivity contribution in [2.75, 3.05) is 13.2 Å². The van der Waals surface area contributed by atoms with Crippen molar-refractivity contribution in [2.45, 2.75) is 102 Å². The van der Waals surface area contributed by atoms with Crippen molar-refractivity contribution >= 4 is 5.97 Å². The fraction of sp³-hybridized carbons (Fsp3) is 0.783. The predicted molar refractivity (Wildman–Crippen MR) is 115 cm³/mol. The second-order valence-electron chi connectivity index (χ2n) is 7.47. The molecule has 0 radical (unpaired) electrons. The second kappa shape index (κ2) is 20.1. The summed E-state index contributed by atoms with van der Waals surface area (Å²) in [5.74, 6) is -0.430. The lowest BCUT2D eigenvalue weighted by Crippen LogP contribution is -2.42. The van der Waals surface area contributed by atoms with E-state index in [-0.39, 0.29) is 6.42 Å². The van der Waals surface area contributed by atoms with Gasteiger partial charge in [-0.05, 0) is 38.5 Å². The van der Waals surface area contributed by atoms with E-state index >= 15 is 0 Å². The Morgan fingerprint density at radius 3 is 2.03 bits per heavy atom. The van der Waals surface area contributed by atoms with Gasteiger partial charge in [0.2, 0.25) is 0 Å². The number of ether oxygens (including phenoxy) is 1. The lowest BCUT2D eigenvalue weighted by atomic mass is 10.1. The first kappa shape index (κ1) is 27.8. The average molecular weight is 415 g/mol. The number of allylic oxidation sites excluding steroid dienone is 4. The van der Waals surface area contributed by atoms with Gasteiger partial charge in [0.05, 0.1) is 6.61 Å². The summed E-state index contributed by atoms with van der Waals surface area (Å²) >= 11 is 0. The summed E-state index contributed by atoms with van der Waals surface area (Å²) in [4.78, 5) is 11.6. The van der Waals surface area contributed by atoms with Crippen molar-refractivity contribution in [3.05, 3.63) is 24.3 Å². The molecule has 0 aromatic carbocycles. The largest absolute Gasteiger partial charge is 0.463 e. The Kier molecular flexibility index (Phi) is 19.2. The van der Waals surface area contributed by atoms with Crippen LogP contribution in [0.4, 0.5) is 0 Å². The maximum atomic E-state index is 11.6. The highest BCUT2D eigenvalue weighted by molar-refractivity contribution is 5.69. The third kappa shape index (κ3) is 17.4. The quantitative estimate of drug-likeness (QED) is 0.147. The number of unbranched alkanes of at least 4 members (excludes halogenated alkanes) is 8. The molecule has 0 amide bonds. The minimum Gasteiger partial charge on any atom is -0.463 e. The maximum absolute atomic E-state index is 11.6. The molecule has 0 saturated carbocycles. The lowest BCUT2D eigenvalue weighted by Gasteiger charge is -2.21. The predicted octanol–water partition coefficient (Wildman–Crippen LogP) is 3.42. The van der Waals surface area contributed by atoms with Crippen molar-refractivity contribution in [3.63, 3.8) is 0 Å². The molecule has 6 heteroatoms. The van der Waals surface area contributed by atoms with Crippen LogP contribution in [0.5, 0.6) is 0 Å². The van der Waals surface area contributed by atoms with Gasteiger partial charge in [-0.25, -0.2) is 0 Å². The second-order valence-corrected chi connectivity index (χ2v) is 7.47. The molecule has 0 aromatic heterocycles. The van der Waals surface area contributed by atoms with Gasteiger partial charge in [0.25, 0.3) is 0 Å². The minimum atomic E-state index is -1.54. The van der Waals surface area contributed by atoms with Crippen molar-refractivity contribution < 1.29 is 30.0 Å². The number of carbonyl (C=O) groups is 1. The van der Waals surface area contributed by atoms with Gasteiger partial charge in [-0.3, -0.25) is 4.79 Å². The van der Waals surface area contributed by atoms with E-state index in [1.165, 1.54) is 25.7 Å². The number of aliphatic hydroxyl groups is 4. The average Bonchev–Trinajstić information content (AvgIpc) is 2.73. The molecule has 0 rings (SSSR count). The third-order valence-corrected chi connectivity index (χ3v) is 4.72. The Hall–Kier alpha value is -1.21. The molecule has 3 unspecified atom stereocenters. The van der Waals surface area contributed by atoms with E-state index in [0.717, 1.165) is 44.9 Å². The molecule has 29 heavy (non-hydrogen) atoms. The molecule has 0 saturated heterocycles. The van der Waals surface area contributed by atoms with E-state index in [1.54, 1.807) is 0 Å². The molecule has 0 fully saturated rings. The number of rotatable bonds is 19. The molecule has 3 atom stereocenters. The fourth-order valence-corrected chi connectivity index (χ4v) is 2.79. The van der Waals surface area contributed by atoms with Gasteiger partial charge >= 0.3 is 5.97 Å². The van der Waals surface area contributed by atoms with Crippen LogP contribution in [0.1, 0.15) is 84.0 Å². The van der Waals surface area contributed by atoms with E-state index in [1.807, 2.05) is 0 Å². The summed E-state index contributed by atoms with van der Waals surface area (Å²) in [6.45, 7) is 1.16. The molecule has 170 valence electrons. The van der Waals surface area contributed by atoms with Crippen LogP contribution in [0.3, 0.4) is 0 Å². The highest BCUT2D eigenvalue weighted by Crippen LogP contribution is 2.09. The van der Waals surface area contributed by atoms with E-state index in [4.69, 9.17) is 9.84 Å². The van der Waals surface area contributed by atoms with Gasteiger partial charge in [0.15, 0.2) is 0 Å². The SMILES string of the molecule is CCCCCC=CCC=CCCCCCCCC(=O)OCC(O)C(O)C(O)CO. The summed E-state index contributed by atoms with van der Waals surface area (Å²) < 4.78 is 4.88. The van der Waals surface area contributed by atoms with Crippen LogP contribution in [-0.2, 0) is 9.53 Å². The standard InChI is InChI=1S/C23H42O6/c1-2-3-4-5-6-7-8-9-10-11-12-13-14-15-16-17-22(27)29-19-21(26)23(28)20(25)18-24/h6-7,9-10,20-21,23-26,28H,2-5,8,11-19H2,1H3. The first-order chi connectivity index (χ1) is 14.0. The fourth-order valence-electron chi connectivity index (χ4n) is 2.79. The van der Waals surface area contributed by atoms with Crippen molar-refractivity contribution in [2.24, 2.45) is 0 Å². The molecule has 0 bridgehead atoms. The van der Waals surface area contributed by atoms with Crippen LogP contribution in [0.25, 0.3) is 0 Å². The Balaban J connectivity index is 3.49. The van der Waals surface area contributed by atoms with Gasteiger partial charge in [0.1, 0.15) is 24.9 Å². The highest BCUT2D eigenvalue weighted by Gasteiger charge is 2.25. The van der Waals surface area contributed by atoms with E-state index < -0.39 is 37.5 Å². The van der Waals surface area contributed by atoms with Crippen molar-refractivity contribution in [1.82, 2.24) is 0 Å². The summed E-state index contributed by atoms with van der Waals surface area (Å²) in [5.41, 5.74) is 0. The van der Waals surface area contributed by atoms with Gasteiger partial charge in [-0.1, -0.05) is 63.3 Å². The summed E-state index contributed by atoms with van der Waals surface area (Å²) in [6.07, 6.45) is 17.0. The monoisotopic (exact) mass is 414 g/mol. The van der Waals surface area contributed by atoms with Crippen LogP contribution < -0.4 is 0 Å². The first-order valence-electron chi connectivity index (χ1n) is 11.1. The number of carbonyl (C=O) groups excluding carboxylic acids is 1. The molecule has 0 aliphatic heterocycles. The highest BCUT2D eigenvalue weighted by atomic mass is 16.5. The maximum Gasteiger partial charge on any atom is 0.305 e. The van der Waals surface area contributed by atoms with Crippen molar-refractivity contribution in [3.8, 4) is 0 Å². The minimum absolute atomic E-state index is 0.274. The number of aliphatic hydroxyl groups excluding tert-OH is 4. The summed E-state index contributed by atoms with van der Waals surface area (Å²) in [6, 6.07) is 0. The molecular formula is C23H42O6. The zero-order chi connectivity index (χ0) is 21.7. The van der Waals surface area contributed by atoms with Gasteiger partial charge in [0, 0.05) is 6.42 Å². The molecule has 0 aliphatic carbocycles. The Morgan fingerprint density at radius 1 is 0.828 bits per heavy atom. The van der Waals surface area contributed by atoms with Crippen LogP contribution in [0.15, 0.2) is 24.3 Å². The molecule has 6 nitrogen and oxygen atoms in total. The molecular weight excluding hydrogens is 372 g/mol. The van der Waals surface area contributed by atoms with Crippen LogP contribution >= 0.6 is 0 Å². The first-order valence-corrected chi connectivity index (χ1v) is 11.1. The number of hydrogen-bond acceptors (Lipinski definition) is 6. The topological polar surface area (TPSA) is 107 Å². The van der Waals surface area contributed by atoms with Gasteiger partial charge < -0.3 is 25.2 Å². The Morgan fingerprint density at radius 2 is 1.41 bits per heavy atom. The molecule has 0 heterocycles. The number of hydrogen-bond donors (Lipinski definition) is 4. The molecule has 0 spiro atoms. The molecule has 0 aromatic rings. The normalized spacial score (nSPS) is 15.1. The van der Waals surface area contributed by atoms with Crippen LogP contribution in [0, 0.1) is 0 Å². The van der Waals surface area contributed by atoms with Crippen molar-refractivity contribution in [1.29, 1.82) is 0 Å². The third-order valence-electron chi connectivity index (χ3n) is 4.72. The summed E-state index contributed by atoms with van der Waals surface area (Å²) in [5, 5.41) is 36.9. The zero-order valence-electron chi connectivity index (χ0n) is 18.0. The van der Waals surface area contributed by atoms with E-state index in [0.29, 0.717) is 0 Å². The van der Waals surface area contributed by atoms with E-state index in [9.17, 15) is 20.1 Å². The van der Waals surface area contributed by atoms with Gasteiger partial charge in [-0.15, -0.1) is 0 Å². The van der Waals surface area contributed by atoms with E-state index in [2.05, 4.69) is 31.2 Å². The Bertz CT molecular complexity index is 435. The number of esters is 1. The smallest absolute Gasteiger partial charge is 0.305 e. The lowest BCUT2D eigenvalue weighted by molar-refractivity contribution is -0.152. The summed E-state index contributed by atoms with van der Waals surface area (Å²) in [7, 11) is 0. The van der Waals surface area contributed by atoms with Gasteiger partial charge in [-0.2, -0.15) is 0 Å². The zero-order valence-corrected chi connectivity index (χ0v) is 18.0. The van der Waals surface area contributed by atoms with Crippen LogP contribution in [-0.4, -0.2) is 57.9 Å². The van der Waals surface area contributed by atoms with Crippen LogP contribution in [0.2, 0.25) is 0 Å².